The van der Waals surface area contributed by atoms with Gasteiger partial charge in [0.15, 0.2) is 0 Å². The molecule has 2 N–H and O–H groups in total. The number of likely N-dealkylation sites (tertiary alicyclic amines) is 1. The van der Waals surface area contributed by atoms with Gasteiger partial charge < -0.3 is 5.73 Å². The molecule has 0 unspecified atom stereocenters. The Labute approximate surface area is 113 Å². The van der Waals surface area contributed by atoms with Crippen molar-refractivity contribution < 1.29 is 4.39 Å². The highest BCUT2D eigenvalue weighted by atomic mass is 32.1. The predicted molar refractivity (Wildman–Crippen MR) is 76.0 cm³/mol. The average molecular weight is 266 g/mol. The van der Waals surface area contributed by atoms with Crippen LogP contribution in [-0.4, -0.2) is 23.0 Å². The summed E-state index contributed by atoms with van der Waals surface area (Å²) in [5.74, 6) is -0.204. The molecule has 2 rings (SSSR count). The SMILES string of the molecule is NC(=S)c1ccc(CN2CCCCCC2)c(F)c1. The molecule has 1 saturated heterocycles. The van der Waals surface area contributed by atoms with Crippen LogP contribution >= 0.6 is 12.2 Å². The van der Waals surface area contributed by atoms with Gasteiger partial charge in [0.05, 0.1) is 0 Å². The van der Waals surface area contributed by atoms with Gasteiger partial charge in [0, 0.05) is 17.7 Å². The number of benzene rings is 1. The summed E-state index contributed by atoms with van der Waals surface area (Å²) in [6.07, 6.45) is 5.01. The second kappa shape index (κ2) is 6.25. The highest BCUT2D eigenvalue weighted by Gasteiger charge is 2.12. The van der Waals surface area contributed by atoms with Gasteiger partial charge in [-0.1, -0.05) is 37.2 Å². The number of hydrogen-bond donors (Lipinski definition) is 1. The predicted octanol–water partition coefficient (Wildman–Crippen LogP) is 2.84. The van der Waals surface area contributed by atoms with Crippen molar-refractivity contribution in [2.24, 2.45) is 5.73 Å². The number of halogens is 1. The summed E-state index contributed by atoms with van der Waals surface area (Å²) in [6.45, 7) is 2.82. The molecule has 0 spiro atoms. The molecule has 0 saturated carbocycles. The smallest absolute Gasteiger partial charge is 0.128 e. The summed E-state index contributed by atoms with van der Waals surface area (Å²) in [7, 11) is 0. The van der Waals surface area contributed by atoms with Crippen molar-refractivity contribution in [2.45, 2.75) is 32.2 Å². The molecule has 0 aliphatic carbocycles. The van der Waals surface area contributed by atoms with Crippen LogP contribution in [0.15, 0.2) is 18.2 Å². The molecule has 1 aromatic rings. The lowest BCUT2D eigenvalue weighted by Crippen LogP contribution is -2.24. The first-order valence-electron chi connectivity index (χ1n) is 6.47. The van der Waals surface area contributed by atoms with Gasteiger partial charge in [-0.25, -0.2) is 4.39 Å². The zero-order valence-corrected chi connectivity index (χ0v) is 11.3. The van der Waals surface area contributed by atoms with Crippen LogP contribution in [0.5, 0.6) is 0 Å². The first kappa shape index (κ1) is 13.4. The minimum absolute atomic E-state index is 0.204. The minimum atomic E-state index is -0.204. The third-order valence-corrected chi connectivity index (χ3v) is 3.67. The lowest BCUT2D eigenvalue weighted by atomic mass is 10.1. The number of nitrogens with two attached hydrogens (primary N) is 1. The van der Waals surface area contributed by atoms with Gasteiger partial charge in [0.1, 0.15) is 10.8 Å². The first-order chi connectivity index (χ1) is 8.66. The van der Waals surface area contributed by atoms with E-state index in [9.17, 15) is 4.39 Å². The summed E-state index contributed by atoms with van der Waals surface area (Å²) < 4.78 is 13.9. The monoisotopic (exact) mass is 266 g/mol. The van der Waals surface area contributed by atoms with E-state index in [0.29, 0.717) is 12.1 Å². The number of rotatable bonds is 3. The van der Waals surface area contributed by atoms with Crippen molar-refractivity contribution in [1.29, 1.82) is 0 Å². The quantitative estimate of drug-likeness (QED) is 0.853. The van der Waals surface area contributed by atoms with Crippen LogP contribution in [0.25, 0.3) is 0 Å². The summed E-state index contributed by atoms with van der Waals surface area (Å²) >= 11 is 4.84. The van der Waals surface area contributed by atoms with Gasteiger partial charge in [-0.3, -0.25) is 4.90 Å². The van der Waals surface area contributed by atoms with Crippen LogP contribution in [0.1, 0.15) is 36.8 Å². The third-order valence-electron chi connectivity index (χ3n) is 3.43. The standard InChI is InChI=1S/C14H19FN2S/c15-13-9-11(14(16)18)5-6-12(13)10-17-7-3-1-2-4-8-17/h5-6,9H,1-4,7-8,10H2,(H2,16,18). The second-order valence-electron chi connectivity index (χ2n) is 4.86. The highest BCUT2D eigenvalue weighted by Crippen LogP contribution is 2.16. The summed E-state index contributed by atoms with van der Waals surface area (Å²) in [5, 5.41) is 0. The molecule has 4 heteroatoms. The molecule has 0 atom stereocenters. The molecule has 1 aliphatic rings. The highest BCUT2D eigenvalue weighted by molar-refractivity contribution is 7.80. The van der Waals surface area contributed by atoms with Crippen molar-refractivity contribution in [3.05, 3.63) is 35.1 Å². The lowest BCUT2D eigenvalue weighted by molar-refractivity contribution is 0.273. The van der Waals surface area contributed by atoms with E-state index in [-0.39, 0.29) is 10.8 Å². The Morgan fingerprint density at radius 3 is 2.44 bits per heavy atom. The number of hydrogen-bond acceptors (Lipinski definition) is 2. The maximum Gasteiger partial charge on any atom is 0.128 e. The van der Waals surface area contributed by atoms with E-state index < -0.39 is 0 Å². The Morgan fingerprint density at radius 1 is 1.22 bits per heavy atom. The van der Waals surface area contributed by atoms with Crippen LogP contribution in [0.3, 0.4) is 0 Å². The first-order valence-corrected chi connectivity index (χ1v) is 6.88. The van der Waals surface area contributed by atoms with E-state index in [1.807, 2.05) is 0 Å². The Hall–Kier alpha value is -1.00. The van der Waals surface area contributed by atoms with Crippen molar-refractivity contribution in [3.63, 3.8) is 0 Å². The fourth-order valence-electron chi connectivity index (χ4n) is 2.36. The summed E-state index contributed by atoms with van der Waals surface area (Å²) in [6, 6.07) is 5.04. The van der Waals surface area contributed by atoms with Crippen molar-refractivity contribution in [2.75, 3.05) is 13.1 Å². The molecular formula is C14H19FN2S. The number of nitrogens with zero attached hydrogens (tertiary/aromatic N) is 1. The number of thiocarbonyl (C=S) groups is 1. The van der Waals surface area contributed by atoms with Gasteiger partial charge in [-0.2, -0.15) is 0 Å². The fraction of sp³-hybridized carbons (Fsp3) is 0.500. The van der Waals surface area contributed by atoms with E-state index in [2.05, 4.69) is 4.90 Å². The maximum atomic E-state index is 13.9. The fourth-order valence-corrected chi connectivity index (χ4v) is 2.49. The van der Waals surface area contributed by atoms with Crippen LogP contribution in [0, 0.1) is 5.82 Å². The normalized spacial score (nSPS) is 17.4. The van der Waals surface area contributed by atoms with E-state index in [1.165, 1.54) is 31.7 Å². The average Bonchev–Trinajstić information content (AvgIpc) is 2.60. The van der Waals surface area contributed by atoms with Gasteiger partial charge in [0.2, 0.25) is 0 Å². The molecule has 0 aromatic heterocycles. The molecule has 0 amide bonds. The largest absolute Gasteiger partial charge is 0.389 e. The zero-order chi connectivity index (χ0) is 13.0. The Morgan fingerprint density at radius 2 is 1.89 bits per heavy atom. The van der Waals surface area contributed by atoms with E-state index >= 15 is 0 Å². The molecule has 1 aromatic carbocycles. The molecule has 1 heterocycles. The van der Waals surface area contributed by atoms with Gasteiger partial charge >= 0.3 is 0 Å². The molecular weight excluding hydrogens is 247 g/mol. The topological polar surface area (TPSA) is 29.3 Å². The molecule has 0 radical (unpaired) electrons. The van der Waals surface area contributed by atoms with E-state index in [0.717, 1.165) is 18.7 Å². The van der Waals surface area contributed by atoms with E-state index in [4.69, 9.17) is 18.0 Å². The van der Waals surface area contributed by atoms with Crippen LogP contribution in [-0.2, 0) is 6.54 Å². The third kappa shape index (κ3) is 3.50. The zero-order valence-electron chi connectivity index (χ0n) is 10.5. The van der Waals surface area contributed by atoms with Gasteiger partial charge in [-0.15, -0.1) is 0 Å². The summed E-state index contributed by atoms with van der Waals surface area (Å²) in [4.78, 5) is 2.57. The molecule has 2 nitrogen and oxygen atoms in total. The maximum absolute atomic E-state index is 13.9. The second-order valence-corrected chi connectivity index (χ2v) is 5.30. The molecule has 0 bridgehead atoms. The van der Waals surface area contributed by atoms with Crippen LogP contribution < -0.4 is 5.73 Å². The Kier molecular flexibility index (Phi) is 4.66. The lowest BCUT2D eigenvalue weighted by Gasteiger charge is -2.20. The van der Waals surface area contributed by atoms with Gasteiger partial charge in [-0.05, 0) is 32.0 Å². The van der Waals surface area contributed by atoms with Crippen molar-refractivity contribution >= 4 is 17.2 Å². The minimum Gasteiger partial charge on any atom is -0.389 e. The molecule has 18 heavy (non-hydrogen) atoms. The Balaban J connectivity index is 2.06. The van der Waals surface area contributed by atoms with Crippen LogP contribution in [0.2, 0.25) is 0 Å². The Bertz CT molecular complexity index is 426. The van der Waals surface area contributed by atoms with Gasteiger partial charge in [0.25, 0.3) is 0 Å². The molecule has 1 fully saturated rings. The van der Waals surface area contributed by atoms with Crippen molar-refractivity contribution in [3.8, 4) is 0 Å². The molecule has 1 aliphatic heterocycles. The van der Waals surface area contributed by atoms with E-state index in [1.54, 1.807) is 12.1 Å². The summed E-state index contributed by atoms with van der Waals surface area (Å²) in [5.41, 5.74) is 6.82. The van der Waals surface area contributed by atoms with Crippen molar-refractivity contribution in [1.82, 2.24) is 4.90 Å². The van der Waals surface area contributed by atoms with Crippen LogP contribution in [0.4, 0.5) is 4.39 Å². The molecule has 98 valence electrons.